The molecule has 0 radical (unpaired) electrons. The zero-order valence-corrected chi connectivity index (χ0v) is 14.0. The summed E-state index contributed by atoms with van der Waals surface area (Å²) in [6.07, 6.45) is 5.89. The maximum atomic E-state index is 6.43. The number of aryl methyl sites for hydroxylation is 3. The molecule has 6 heteroatoms. The molecule has 2 heterocycles. The van der Waals surface area contributed by atoms with Crippen molar-refractivity contribution in [1.29, 1.82) is 0 Å². The van der Waals surface area contributed by atoms with Crippen molar-refractivity contribution in [2.45, 2.75) is 46.2 Å². The molecule has 2 aromatic rings. The van der Waals surface area contributed by atoms with Crippen LogP contribution in [0.3, 0.4) is 0 Å². The standard InChI is InChI=1S/C15H24ClN5/c1-5-7-17-13(12-9-18-20(4)10-12)8-14-15(16)11(3)19-21(14)6-2/h9-10,13,17H,5-8H2,1-4H3. The Morgan fingerprint density at radius 1 is 1.38 bits per heavy atom. The number of nitrogens with zero attached hydrogens (tertiary/aromatic N) is 4. The minimum absolute atomic E-state index is 0.206. The van der Waals surface area contributed by atoms with Gasteiger partial charge in [-0.1, -0.05) is 18.5 Å². The van der Waals surface area contributed by atoms with Crippen LogP contribution in [0.1, 0.15) is 43.3 Å². The fourth-order valence-corrected chi connectivity index (χ4v) is 2.72. The van der Waals surface area contributed by atoms with Crippen molar-refractivity contribution in [3.8, 4) is 0 Å². The third-order valence-corrected chi connectivity index (χ3v) is 4.11. The predicted octanol–water partition coefficient (Wildman–Crippen LogP) is 2.88. The van der Waals surface area contributed by atoms with E-state index in [9.17, 15) is 0 Å². The lowest BCUT2D eigenvalue weighted by molar-refractivity contribution is 0.502. The molecular weight excluding hydrogens is 286 g/mol. The van der Waals surface area contributed by atoms with Crippen molar-refractivity contribution < 1.29 is 0 Å². The molecule has 0 aliphatic heterocycles. The second-order valence-corrected chi connectivity index (χ2v) is 5.70. The molecule has 0 amide bonds. The zero-order valence-electron chi connectivity index (χ0n) is 13.2. The first kappa shape index (κ1) is 16.0. The van der Waals surface area contributed by atoms with Gasteiger partial charge in [-0.15, -0.1) is 0 Å². The number of halogens is 1. The van der Waals surface area contributed by atoms with Crippen molar-refractivity contribution in [3.63, 3.8) is 0 Å². The Morgan fingerprint density at radius 2 is 2.14 bits per heavy atom. The monoisotopic (exact) mass is 309 g/mol. The van der Waals surface area contributed by atoms with Gasteiger partial charge in [0.1, 0.15) is 0 Å². The Morgan fingerprint density at radius 3 is 2.71 bits per heavy atom. The molecule has 0 aliphatic carbocycles. The number of hydrogen-bond acceptors (Lipinski definition) is 3. The summed E-state index contributed by atoms with van der Waals surface area (Å²) in [5.41, 5.74) is 3.17. The van der Waals surface area contributed by atoms with Crippen LogP contribution in [0, 0.1) is 6.92 Å². The van der Waals surface area contributed by atoms with Gasteiger partial charge in [0.15, 0.2) is 0 Å². The molecule has 116 valence electrons. The third kappa shape index (κ3) is 3.66. The molecule has 0 spiro atoms. The lowest BCUT2D eigenvalue weighted by Gasteiger charge is -2.18. The Bertz CT molecular complexity index is 587. The minimum Gasteiger partial charge on any atom is -0.310 e. The van der Waals surface area contributed by atoms with E-state index in [1.54, 1.807) is 0 Å². The van der Waals surface area contributed by atoms with E-state index in [-0.39, 0.29) is 6.04 Å². The van der Waals surface area contributed by atoms with Crippen LogP contribution in [-0.4, -0.2) is 26.1 Å². The fraction of sp³-hybridized carbons (Fsp3) is 0.600. The van der Waals surface area contributed by atoms with Crippen LogP contribution < -0.4 is 5.32 Å². The molecule has 0 saturated carbocycles. The molecule has 0 saturated heterocycles. The summed E-state index contributed by atoms with van der Waals surface area (Å²) in [5, 5.41) is 13.1. The predicted molar refractivity (Wildman–Crippen MR) is 85.6 cm³/mol. The quantitative estimate of drug-likeness (QED) is 0.855. The maximum absolute atomic E-state index is 6.43. The molecule has 0 aromatic carbocycles. The van der Waals surface area contributed by atoms with Gasteiger partial charge in [0.25, 0.3) is 0 Å². The summed E-state index contributed by atoms with van der Waals surface area (Å²) in [7, 11) is 1.94. The highest BCUT2D eigenvalue weighted by atomic mass is 35.5. The van der Waals surface area contributed by atoms with Crippen LogP contribution in [0.15, 0.2) is 12.4 Å². The van der Waals surface area contributed by atoms with E-state index in [2.05, 4.69) is 35.6 Å². The van der Waals surface area contributed by atoms with E-state index in [0.29, 0.717) is 0 Å². The summed E-state index contributed by atoms with van der Waals surface area (Å²) in [6.45, 7) is 8.01. The average molecular weight is 310 g/mol. The molecule has 2 aromatic heterocycles. The van der Waals surface area contributed by atoms with E-state index < -0.39 is 0 Å². The molecule has 5 nitrogen and oxygen atoms in total. The molecule has 0 aliphatic rings. The Balaban J connectivity index is 2.26. The Kier molecular flexibility index (Phi) is 5.42. The van der Waals surface area contributed by atoms with Crippen LogP contribution in [0.5, 0.6) is 0 Å². The summed E-state index contributed by atoms with van der Waals surface area (Å²) in [6, 6.07) is 0.206. The van der Waals surface area contributed by atoms with Gasteiger partial charge in [-0.3, -0.25) is 9.36 Å². The first-order valence-corrected chi connectivity index (χ1v) is 7.88. The van der Waals surface area contributed by atoms with Gasteiger partial charge < -0.3 is 5.32 Å². The SMILES string of the molecule is CCCNC(Cc1c(Cl)c(C)nn1CC)c1cnn(C)c1. The second kappa shape index (κ2) is 7.09. The minimum atomic E-state index is 0.206. The lowest BCUT2D eigenvalue weighted by Crippen LogP contribution is -2.25. The van der Waals surface area contributed by atoms with Gasteiger partial charge in [0, 0.05) is 37.8 Å². The van der Waals surface area contributed by atoms with Crippen molar-refractivity contribution in [2.75, 3.05) is 6.54 Å². The zero-order chi connectivity index (χ0) is 15.4. The van der Waals surface area contributed by atoms with E-state index >= 15 is 0 Å². The fourth-order valence-electron chi connectivity index (χ4n) is 2.50. The first-order chi connectivity index (χ1) is 10.1. The molecular formula is C15H24ClN5. The van der Waals surface area contributed by atoms with Crippen molar-refractivity contribution in [1.82, 2.24) is 24.9 Å². The molecule has 0 bridgehead atoms. The summed E-state index contributed by atoms with van der Waals surface area (Å²) >= 11 is 6.43. The lowest BCUT2D eigenvalue weighted by atomic mass is 10.0. The van der Waals surface area contributed by atoms with Crippen LogP contribution >= 0.6 is 11.6 Å². The van der Waals surface area contributed by atoms with E-state index in [1.165, 1.54) is 5.56 Å². The van der Waals surface area contributed by atoms with Crippen molar-refractivity contribution in [2.24, 2.45) is 7.05 Å². The Labute approximate surface area is 131 Å². The number of nitrogens with one attached hydrogen (secondary N) is 1. The number of hydrogen-bond donors (Lipinski definition) is 1. The van der Waals surface area contributed by atoms with Gasteiger partial charge in [-0.2, -0.15) is 10.2 Å². The van der Waals surface area contributed by atoms with Crippen LogP contribution in [0.25, 0.3) is 0 Å². The molecule has 21 heavy (non-hydrogen) atoms. The number of rotatable bonds is 7. The van der Waals surface area contributed by atoms with Gasteiger partial charge in [-0.05, 0) is 26.8 Å². The topological polar surface area (TPSA) is 47.7 Å². The van der Waals surface area contributed by atoms with Crippen molar-refractivity contribution >= 4 is 11.6 Å². The maximum Gasteiger partial charge on any atom is 0.0847 e. The highest BCUT2D eigenvalue weighted by Gasteiger charge is 2.19. The second-order valence-electron chi connectivity index (χ2n) is 5.32. The van der Waals surface area contributed by atoms with E-state index in [1.807, 2.05) is 29.5 Å². The molecule has 0 fully saturated rings. The molecule has 1 N–H and O–H groups in total. The van der Waals surface area contributed by atoms with Gasteiger partial charge in [0.05, 0.1) is 22.6 Å². The van der Waals surface area contributed by atoms with E-state index in [0.717, 1.165) is 42.3 Å². The average Bonchev–Trinajstić information content (AvgIpc) is 3.01. The van der Waals surface area contributed by atoms with E-state index in [4.69, 9.17) is 11.6 Å². The number of aromatic nitrogens is 4. The highest BCUT2D eigenvalue weighted by Crippen LogP contribution is 2.26. The van der Waals surface area contributed by atoms with Crippen molar-refractivity contribution in [3.05, 3.63) is 34.4 Å². The first-order valence-electron chi connectivity index (χ1n) is 7.50. The van der Waals surface area contributed by atoms with Crippen LogP contribution in [0.4, 0.5) is 0 Å². The van der Waals surface area contributed by atoms with Gasteiger partial charge in [-0.25, -0.2) is 0 Å². The Hall–Kier alpha value is -1.33. The molecule has 1 atom stereocenters. The largest absolute Gasteiger partial charge is 0.310 e. The van der Waals surface area contributed by atoms with Gasteiger partial charge in [0.2, 0.25) is 0 Å². The third-order valence-electron chi connectivity index (χ3n) is 3.62. The van der Waals surface area contributed by atoms with Crippen LogP contribution in [-0.2, 0) is 20.0 Å². The summed E-state index contributed by atoms with van der Waals surface area (Å²) < 4.78 is 3.83. The van der Waals surface area contributed by atoms with Crippen LogP contribution in [0.2, 0.25) is 5.02 Å². The molecule has 1 unspecified atom stereocenters. The summed E-state index contributed by atoms with van der Waals surface area (Å²) in [5.74, 6) is 0. The van der Waals surface area contributed by atoms with Gasteiger partial charge >= 0.3 is 0 Å². The summed E-state index contributed by atoms with van der Waals surface area (Å²) in [4.78, 5) is 0. The normalized spacial score (nSPS) is 12.8. The molecule has 2 rings (SSSR count). The highest BCUT2D eigenvalue weighted by molar-refractivity contribution is 6.31. The smallest absolute Gasteiger partial charge is 0.0847 e.